The lowest BCUT2D eigenvalue weighted by Crippen LogP contribution is -2.18. The predicted molar refractivity (Wildman–Crippen MR) is 100 cm³/mol. The van der Waals surface area contributed by atoms with Crippen LogP contribution < -0.4 is 0 Å². The Hall–Kier alpha value is -2.08. The molecule has 0 saturated heterocycles. The standard InChI is InChI=1S/C23H24/c1-22(2,3)19-14-20-21(16-11-7-6-10-15(16)19)17-12-8-9-13-18(17)23(20,4)5/h6-14H,1-5H3. The SMILES string of the molecule is CC(C)(C)c1cc2c(c3ccccc13)-c1ccccc1C2(C)C. The predicted octanol–water partition coefficient (Wildman–Crippen LogP) is 6.44. The van der Waals surface area contributed by atoms with E-state index >= 15 is 0 Å². The van der Waals surface area contributed by atoms with Crippen molar-refractivity contribution in [3.63, 3.8) is 0 Å². The first-order valence-corrected chi connectivity index (χ1v) is 8.48. The molecule has 4 rings (SSSR count). The van der Waals surface area contributed by atoms with Crippen LogP contribution in [0.15, 0.2) is 54.6 Å². The lowest BCUT2D eigenvalue weighted by atomic mass is 9.77. The highest BCUT2D eigenvalue weighted by Crippen LogP contribution is 2.52. The molecule has 0 heteroatoms. The molecule has 0 unspecified atom stereocenters. The summed E-state index contributed by atoms with van der Waals surface area (Å²) in [7, 11) is 0. The van der Waals surface area contributed by atoms with Crippen LogP contribution in [0.5, 0.6) is 0 Å². The van der Waals surface area contributed by atoms with Gasteiger partial charge in [-0.25, -0.2) is 0 Å². The van der Waals surface area contributed by atoms with Gasteiger partial charge in [-0.1, -0.05) is 89.2 Å². The number of benzene rings is 3. The summed E-state index contributed by atoms with van der Waals surface area (Å²) < 4.78 is 0. The van der Waals surface area contributed by atoms with Crippen LogP contribution in [-0.4, -0.2) is 0 Å². The normalized spacial score (nSPS) is 15.5. The van der Waals surface area contributed by atoms with Crippen LogP contribution in [0.1, 0.15) is 51.3 Å². The fourth-order valence-electron chi connectivity index (χ4n) is 4.17. The third-order valence-corrected chi connectivity index (χ3v) is 5.40. The van der Waals surface area contributed by atoms with E-state index in [-0.39, 0.29) is 10.8 Å². The van der Waals surface area contributed by atoms with Gasteiger partial charge in [0.2, 0.25) is 0 Å². The van der Waals surface area contributed by atoms with E-state index in [9.17, 15) is 0 Å². The second-order valence-corrected chi connectivity index (χ2v) is 8.31. The molecule has 3 aromatic rings. The number of hydrogen-bond donors (Lipinski definition) is 0. The lowest BCUT2D eigenvalue weighted by Gasteiger charge is -2.27. The maximum absolute atomic E-state index is 2.47. The molecule has 0 aliphatic heterocycles. The average molecular weight is 300 g/mol. The molecular weight excluding hydrogens is 276 g/mol. The molecule has 23 heavy (non-hydrogen) atoms. The Morgan fingerprint density at radius 3 is 2.04 bits per heavy atom. The Bertz CT molecular complexity index is 920. The summed E-state index contributed by atoms with van der Waals surface area (Å²) in [5.41, 5.74) is 7.43. The zero-order valence-corrected chi connectivity index (χ0v) is 14.7. The fraction of sp³-hybridized carbons (Fsp3) is 0.304. The molecule has 0 N–H and O–H groups in total. The van der Waals surface area contributed by atoms with Crippen molar-refractivity contribution >= 4 is 10.8 Å². The molecule has 3 aromatic carbocycles. The highest BCUT2D eigenvalue weighted by Gasteiger charge is 2.37. The van der Waals surface area contributed by atoms with E-state index in [0.29, 0.717) is 0 Å². The molecule has 0 heterocycles. The summed E-state index contributed by atoms with van der Waals surface area (Å²) in [5, 5.41) is 2.79. The van der Waals surface area contributed by atoms with E-state index in [1.807, 2.05) is 0 Å². The van der Waals surface area contributed by atoms with Crippen molar-refractivity contribution in [1.29, 1.82) is 0 Å². The van der Waals surface area contributed by atoms with Crippen molar-refractivity contribution in [1.82, 2.24) is 0 Å². The summed E-state index contributed by atoms with van der Waals surface area (Å²) in [5.74, 6) is 0. The van der Waals surface area contributed by atoms with E-state index in [2.05, 4.69) is 89.2 Å². The Labute approximate surface area is 139 Å². The number of hydrogen-bond acceptors (Lipinski definition) is 0. The lowest BCUT2D eigenvalue weighted by molar-refractivity contribution is 0.590. The van der Waals surface area contributed by atoms with Gasteiger partial charge in [-0.15, -0.1) is 0 Å². The monoisotopic (exact) mass is 300 g/mol. The molecule has 1 aliphatic rings. The third-order valence-electron chi connectivity index (χ3n) is 5.40. The summed E-state index contributed by atoms with van der Waals surface area (Å²) in [6.07, 6.45) is 0. The fourth-order valence-corrected chi connectivity index (χ4v) is 4.17. The Kier molecular flexibility index (Phi) is 2.82. The van der Waals surface area contributed by atoms with Crippen molar-refractivity contribution < 1.29 is 0 Å². The minimum atomic E-state index is 0.0654. The first-order valence-electron chi connectivity index (χ1n) is 8.48. The molecule has 0 saturated carbocycles. The smallest absolute Gasteiger partial charge is 0.0159 e. The van der Waals surface area contributed by atoms with Gasteiger partial charge >= 0.3 is 0 Å². The molecule has 0 aromatic heterocycles. The summed E-state index contributed by atoms with van der Waals surface area (Å²) in [6.45, 7) is 11.7. The third kappa shape index (κ3) is 1.91. The number of rotatable bonds is 0. The molecular formula is C23H24. The van der Waals surface area contributed by atoms with E-state index in [1.165, 1.54) is 38.6 Å². The topological polar surface area (TPSA) is 0 Å². The molecule has 0 nitrogen and oxygen atoms in total. The molecule has 116 valence electrons. The van der Waals surface area contributed by atoms with Crippen LogP contribution in [0, 0.1) is 0 Å². The number of fused-ring (bicyclic) bond motifs is 5. The largest absolute Gasteiger partial charge is 0.0619 e. The van der Waals surface area contributed by atoms with Gasteiger partial charge in [0.15, 0.2) is 0 Å². The van der Waals surface area contributed by atoms with Gasteiger partial charge < -0.3 is 0 Å². The van der Waals surface area contributed by atoms with Crippen LogP contribution in [0.25, 0.3) is 21.9 Å². The molecule has 0 fully saturated rings. The van der Waals surface area contributed by atoms with E-state index in [1.54, 1.807) is 0 Å². The van der Waals surface area contributed by atoms with Crippen molar-refractivity contribution in [3.05, 3.63) is 71.3 Å². The van der Waals surface area contributed by atoms with Gasteiger partial charge in [-0.3, -0.25) is 0 Å². The van der Waals surface area contributed by atoms with Crippen molar-refractivity contribution in [3.8, 4) is 11.1 Å². The van der Waals surface area contributed by atoms with Crippen LogP contribution in [0.3, 0.4) is 0 Å². The molecule has 1 aliphatic carbocycles. The van der Waals surface area contributed by atoms with Crippen LogP contribution in [0.4, 0.5) is 0 Å². The second-order valence-electron chi connectivity index (χ2n) is 8.31. The van der Waals surface area contributed by atoms with Crippen molar-refractivity contribution in [2.24, 2.45) is 0 Å². The first-order chi connectivity index (χ1) is 10.8. The van der Waals surface area contributed by atoms with E-state index in [0.717, 1.165) is 0 Å². The van der Waals surface area contributed by atoms with Crippen LogP contribution >= 0.6 is 0 Å². The minimum Gasteiger partial charge on any atom is -0.0619 e. The summed E-state index contributed by atoms with van der Waals surface area (Å²) >= 11 is 0. The maximum Gasteiger partial charge on any atom is 0.0159 e. The quantitative estimate of drug-likeness (QED) is 0.448. The molecule has 0 spiro atoms. The van der Waals surface area contributed by atoms with E-state index < -0.39 is 0 Å². The van der Waals surface area contributed by atoms with Gasteiger partial charge in [-0.2, -0.15) is 0 Å². The highest BCUT2D eigenvalue weighted by molar-refractivity contribution is 6.04. The van der Waals surface area contributed by atoms with Gasteiger partial charge in [0.05, 0.1) is 0 Å². The van der Waals surface area contributed by atoms with Gasteiger partial charge in [-0.05, 0) is 44.0 Å². The summed E-state index contributed by atoms with van der Waals surface area (Å²) in [6, 6.07) is 20.3. The second kappa shape index (κ2) is 4.47. The Balaban J connectivity index is 2.22. The zero-order valence-electron chi connectivity index (χ0n) is 14.7. The van der Waals surface area contributed by atoms with Crippen LogP contribution in [-0.2, 0) is 10.8 Å². The minimum absolute atomic E-state index is 0.0654. The maximum atomic E-state index is 2.47. The van der Waals surface area contributed by atoms with Crippen molar-refractivity contribution in [2.45, 2.75) is 45.4 Å². The zero-order chi connectivity index (χ0) is 16.4. The van der Waals surface area contributed by atoms with Gasteiger partial charge in [0.25, 0.3) is 0 Å². The van der Waals surface area contributed by atoms with Gasteiger partial charge in [0, 0.05) is 5.41 Å². The van der Waals surface area contributed by atoms with Crippen molar-refractivity contribution in [2.75, 3.05) is 0 Å². The molecule has 0 bridgehead atoms. The average Bonchev–Trinajstić information content (AvgIpc) is 2.74. The Morgan fingerprint density at radius 1 is 0.739 bits per heavy atom. The Morgan fingerprint density at radius 2 is 1.35 bits per heavy atom. The molecule has 0 atom stereocenters. The van der Waals surface area contributed by atoms with Gasteiger partial charge in [0.1, 0.15) is 0 Å². The van der Waals surface area contributed by atoms with Crippen LogP contribution in [0.2, 0.25) is 0 Å². The van der Waals surface area contributed by atoms with E-state index in [4.69, 9.17) is 0 Å². The molecule has 0 amide bonds. The summed E-state index contributed by atoms with van der Waals surface area (Å²) in [4.78, 5) is 0. The molecule has 0 radical (unpaired) electrons. The highest BCUT2D eigenvalue weighted by atomic mass is 14.4. The first kappa shape index (κ1) is 14.5.